The molecule has 0 aliphatic carbocycles. The van der Waals surface area contributed by atoms with Gasteiger partial charge >= 0.3 is 6.03 Å². The van der Waals surface area contributed by atoms with Gasteiger partial charge in [0.25, 0.3) is 5.91 Å². The van der Waals surface area contributed by atoms with E-state index in [2.05, 4.69) is 15.5 Å². The van der Waals surface area contributed by atoms with Crippen LogP contribution in [0.5, 0.6) is 5.75 Å². The van der Waals surface area contributed by atoms with Crippen LogP contribution in [0.15, 0.2) is 42.5 Å². The zero-order valence-electron chi connectivity index (χ0n) is 17.2. The summed E-state index contributed by atoms with van der Waals surface area (Å²) in [4.78, 5) is 29.2. The second-order valence-corrected chi connectivity index (χ2v) is 7.28. The highest BCUT2D eigenvalue weighted by Crippen LogP contribution is 2.31. The number of carbonyl (C=O) groups is 2. The van der Waals surface area contributed by atoms with Gasteiger partial charge in [-0.2, -0.15) is 0 Å². The van der Waals surface area contributed by atoms with Gasteiger partial charge in [-0.05, 0) is 75.4 Å². The standard InChI is InChI=1S/C22H28N4O3/c1-25(2)14-5-13-23-21(27)19-6-4-7-20-18(19)12-15-26(20)22(28)24-16-8-10-17(29-3)11-9-16/h4,6-11H,5,12-15H2,1-3H3,(H,23,27)(H,24,28). The first-order valence-electron chi connectivity index (χ1n) is 9.77. The second kappa shape index (κ2) is 9.43. The number of rotatable bonds is 7. The molecule has 3 rings (SSSR count). The number of carbonyl (C=O) groups excluding carboxylic acids is 2. The van der Waals surface area contributed by atoms with Crippen molar-refractivity contribution in [3.63, 3.8) is 0 Å². The molecular formula is C22H28N4O3. The minimum Gasteiger partial charge on any atom is -0.497 e. The molecule has 154 valence electrons. The van der Waals surface area contributed by atoms with Crippen LogP contribution < -0.4 is 20.3 Å². The zero-order valence-corrected chi connectivity index (χ0v) is 17.2. The van der Waals surface area contributed by atoms with Crippen molar-refractivity contribution in [1.82, 2.24) is 10.2 Å². The van der Waals surface area contributed by atoms with Crippen molar-refractivity contribution in [1.29, 1.82) is 0 Å². The van der Waals surface area contributed by atoms with Gasteiger partial charge in [-0.15, -0.1) is 0 Å². The normalized spacial score (nSPS) is 12.6. The molecule has 0 fully saturated rings. The Morgan fingerprint density at radius 2 is 1.90 bits per heavy atom. The van der Waals surface area contributed by atoms with Crippen molar-refractivity contribution >= 4 is 23.3 Å². The lowest BCUT2D eigenvalue weighted by Crippen LogP contribution is -2.33. The van der Waals surface area contributed by atoms with Gasteiger partial charge in [0.2, 0.25) is 0 Å². The molecule has 2 aromatic rings. The van der Waals surface area contributed by atoms with Gasteiger partial charge in [0, 0.05) is 30.0 Å². The third-order valence-corrected chi connectivity index (χ3v) is 4.93. The number of amides is 3. The van der Waals surface area contributed by atoms with Gasteiger partial charge in [0.1, 0.15) is 5.75 Å². The quantitative estimate of drug-likeness (QED) is 0.706. The molecule has 0 unspecified atom stereocenters. The molecule has 0 saturated heterocycles. The van der Waals surface area contributed by atoms with Gasteiger partial charge in [-0.1, -0.05) is 6.07 Å². The summed E-state index contributed by atoms with van der Waals surface area (Å²) in [6, 6.07) is 12.5. The molecule has 1 heterocycles. The van der Waals surface area contributed by atoms with E-state index in [-0.39, 0.29) is 11.9 Å². The Bertz CT molecular complexity index is 865. The number of hydrogen-bond donors (Lipinski definition) is 2. The molecular weight excluding hydrogens is 368 g/mol. The van der Waals surface area contributed by atoms with Crippen molar-refractivity contribution in [3.8, 4) is 5.75 Å². The van der Waals surface area contributed by atoms with E-state index in [9.17, 15) is 9.59 Å². The molecule has 1 aliphatic rings. The number of urea groups is 1. The highest BCUT2D eigenvalue weighted by atomic mass is 16.5. The van der Waals surface area contributed by atoms with Crippen LogP contribution in [0.25, 0.3) is 0 Å². The van der Waals surface area contributed by atoms with E-state index >= 15 is 0 Å². The molecule has 3 amide bonds. The zero-order chi connectivity index (χ0) is 20.8. The van der Waals surface area contributed by atoms with Crippen molar-refractivity contribution in [3.05, 3.63) is 53.6 Å². The number of nitrogens with zero attached hydrogens (tertiary/aromatic N) is 2. The van der Waals surface area contributed by atoms with E-state index in [0.29, 0.717) is 30.8 Å². The smallest absolute Gasteiger partial charge is 0.326 e. The number of ether oxygens (including phenoxy) is 1. The minimum absolute atomic E-state index is 0.0852. The number of anilines is 2. The fourth-order valence-electron chi connectivity index (χ4n) is 3.42. The molecule has 7 nitrogen and oxygen atoms in total. The third-order valence-electron chi connectivity index (χ3n) is 4.93. The summed E-state index contributed by atoms with van der Waals surface area (Å²) in [6.45, 7) is 2.09. The lowest BCUT2D eigenvalue weighted by molar-refractivity contribution is 0.0951. The molecule has 0 bridgehead atoms. The molecule has 0 aromatic heterocycles. The fourth-order valence-corrected chi connectivity index (χ4v) is 3.42. The minimum atomic E-state index is -0.211. The fraction of sp³-hybridized carbons (Fsp3) is 0.364. The molecule has 29 heavy (non-hydrogen) atoms. The van der Waals surface area contributed by atoms with Gasteiger partial charge in [0.15, 0.2) is 0 Å². The van der Waals surface area contributed by atoms with Crippen LogP contribution in [0.3, 0.4) is 0 Å². The first-order chi connectivity index (χ1) is 14.0. The lowest BCUT2D eigenvalue weighted by atomic mass is 10.0. The van der Waals surface area contributed by atoms with Crippen molar-refractivity contribution < 1.29 is 14.3 Å². The third kappa shape index (κ3) is 5.06. The Hall–Kier alpha value is -3.06. The topological polar surface area (TPSA) is 73.9 Å². The van der Waals surface area contributed by atoms with E-state index < -0.39 is 0 Å². The predicted molar refractivity (Wildman–Crippen MR) is 115 cm³/mol. The van der Waals surface area contributed by atoms with Gasteiger partial charge in [-0.25, -0.2) is 4.79 Å². The van der Waals surface area contributed by atoms with Crippen LogP contribution >= 0.6 is 0 Å². The Morgan fingerprint density at radius 3 is 2.59 bits per heavy atom. The number of methoxy groups -OCH3 is 1. The Balaban J connectivity index is 1.66. The van der Waals surface area contributed by atoms with Gasteiger partial charge < -0.3 is 20.3 Å². The molecule has 1 aliphatic heterocycles. The SMILES string of the molecule is COc1ccc(NC(=O)N2CCc3c(C(=O)NCCCN(C)C)cccc32)cc1. The maximum Gasteiger partial charge on any atom is 0.326 e. The van der Waals surface area contributed by atoms with E-state index in [1.54, 1.807) is 36.3 Å². The van der Waals surface area contributed by atoms with E-state index in [0.717, 1.165) is 30.0 Å². The highest BCUT2D eigenvalue weighted by molar-refractivity contribution is 6.05. The molecule has 0 spiro atoms. The largest absolute Gasteiger partial charge is 0.497 e. The average Bonchev–Trinajstić information content (AvgIpc) is 3.16. The average molecular weight is 396 g/mol. The van der Waals surface area contributed by atoms with Crippen LogP contribution in [0, 0.1) is 0 Å². The predicted octanol–water partition coefficient (Wildman–Crippen LogP) is 2.97. The number of fused-ring (bicyclic) bond motifs is 1. The summed E-state index contributed by atoms with van der Waals surface area (Å²) in [5.74, 6) is 0.647. The van der Waals surface area contributed by atoms with Crippen molar-refractivity contribution in [2.24, 2.45) is 0 Å². The molecule has 7 heteroatoms. The Kier molecular flexibility index (Phi) is 6.72. The maximum atomic E-state index is 12.8. The van der Waals surface area contributed by atoms with E-state index in [1.807, 2.05) is 32.3 Å². The summed E-state index contributed by atoms with van der Waals surface area (Å²) in [5.41, 5.74) is 3.05. The number of hydrogen-bond acceptors (Lipinski definition) is 4. The van der Waals surface area contributed by atoms with Crippen LogP contribution in [-0.4, -0.2) is 57.7 Å². The lowest BCUT2D eigenvalue weighted by Gasteiger charge is -2.19. The van der Waals surface area contributed by atoms with E-state index in [1.165, 1.54) is 0 Å². The number of nitrogens with one attached hydrogen (secondary N) is 2. The molecule has 0 radical (unpaired) electrons. The van der Waals surface area contributed by atoms with Crippen LogP contribution in [0.2, 0.25) is 0 Å². The molecule has 0 saturated carbocycles. The maximum absolute atomic E-state index is 12.8. The molecule has 0 atom stereocenters. The number of benzene rings is 2. The van der Waals surface area contributed by atoms with Crippen LogP contribution in [-0.2, 0) is 6.42 Å². The monoisotopic (exact) mass is 396 g/mol. The summed E-state index contributed by atoms with van der Waals surface area (Å²) in [5, 5.41) is 5.89. The van der Waals surface area contributed by atoms with Crippen LogP contribution in [0.4, 0.5) is 16.2 Å². The summed E-state index contributed by atoms with van der Waals surface area (Å²) >= 11 is 0. The van der Waals surface area contributed by atoms with E-state index in [4.69, 9.17) is 4.74 Å². The Morgan fingerprint density at radius 1 is 1.14 bits per heavy atom. The summed E-state index contributed by atoms with van der Waals surface area (Å²) < 4.78 is 5.14. The summed E-state index contributed by atoms with van der Waals surface area (Å²) in [7, 11) is 5.62. The van der Waals surface area contributed by atoms with Crippen LogP contribution in [0.1, 0.15) is 22.3 Å². The molecule has 2 N–H and O–H groups in total. The van der Waals surface area contributed by atoms with Gasteiger partial charge in [0.05, 0.1) is 7.11 Å². The summed E-state index contributed by atoms with van der Waals surface area (Å²) in [6.07, 6.45) is 1.55. The Labute approximate surface area is 171 Å². The van der Waals surface area contributed by atoms with Crippen molar-refractivity contribution in [2.75, 3.05) is 51.1 Å². The first kappa shape index (κ1) is 20.7. The van der Waals surface area contributed by atoms with Gasteiger partial charge in [-0.3, -0.25) is 9.69 Å². The first-order valence-corrected chi connectivity index (χ1v) is 9.77. The molecule has 2 aromatic carbocycles. The van der Waals surface area contributed by atoms with Crippen molar-refractivity contribution in [2.45, 2.75) is 12.8 Å². The highest BCUT2D eigenvalue weighted by Gasteiger charge is 2.28. The second-order valence-electron chi connectivity index (χ2n) is 7.28.